The van der Waals surface area contributed by atoms with E-state index in [1.54, 1.807) is 12.1 Å². The predicted molar refractivity (Wildman–Crippen MR) is 116 cm³/mol. The van der Waals surface area contributed by atoms with E-state index in [1.165, 1.54) is 10.4 Å². The van der Waals surface area contributed by atoms with Crippen LogP contribution >= 0.6 is 24.0 Å². The molecule has 2 rings (SSSR count). The zero-order valence-electron chi connectivity index (χ0n) is 16.0. The Morgan fingerprint density at radius 3 is 2.71 bits per heavy atom. The number of hydrogen-bond donors (Lipinski definition) is 2. The topological polar surface area (TPSA) is 83.0 Å². The number of alkyl halides is 2. The Balaban J connectivity index is 0.00000392. The molecule has 0 aliphatic carbocycles. The van der Waals surface area contributed by atoms with Gasteiger partial charge < -0.3 is 15.4 Å². The largest absolute Gasteiger partial charge is 0.434 e. The molecule has 1 aromatic carbocycles. The van der Waals surface area contributed by atoms with Crippen molar-refractivity contribution in [3.63, 3.8) is 0 Å². The van der Waals surface area contributed by atoms with Gasteiger partial charge in [0.1, 0.15) is 5.75 Å². The molecule has 0 spiro atoms. The van der Waals surface area contributed by atoms with E-state index in [9.17, 15) is 17.2 Å². The van der Waals surface area contributed by atoms with Crippen LogP contribution in [0.4, 0.5) is 8.78 Å². The Bertz CT molecular complexity index is 763. The first kappa shape index (κ1) is 24.8. The van der Waals surface area contributed by atoms with Crippen molar-refractivity contribution in [2.24, 2.45) is 4.99 Å². The standard InChI is InChI=1S/C17H26F2N4O3S.HI/c1-3-20-17(21-7-9-23-8-4-10-27(23,24)25)22-12-14-11-13(2)5-6-15(14)26-16(18)19;/h5-6,11,16H,3-4,7-10,12H2,1-2H3,(H2,20,21,22);1H. The minimum Gasteiger partial charge on any atom is -0.434 e. The molecule has 1 heterocycles. The summed E-state index contributed by atoms with van der Waals surface area (Å²) in [6.07, 6.45) is 0.650. The fourth-order valence-electron chi connectivity index (χ4n) is 2.79. The number of nitrogens with one attached hydrogen (secondary N) is 2. The van der Waals surface area contributed by atoms with Gasteiger partial charge in [-0.1, -0.05) is 17.7 Å². The van der Waals surface area contributed by atoms with Gasteiger partial charge in [-0.05, 0) is 26.3 Å². The molecule has 1 aliphatic heterocycles. The summed E-state index contributed by atoms with van der Waals surface area (Å²) < 4.78 is 54.7. The molecule has 1 saturated heterocycles. The molecule has 1 aliphatic rings. The summed E-state index contributed by atoms with van der Waals surface area (Å²) in [7, 11) is -3.13. The Hall–Kier alpha value is -1.21. The highest BCUT2D eigenvalue weighted by Gasteiger charge is 2.27. The number of ether oxygens (including phenoxy) is 1. The van der Waals surface area contributed by atoms with Gasteiger partial charge in [-0.25, -0.2) is 17.7 Å². The summed E-state index contributed by atoms with van der Waals surface area (Å²) >= 11 is 0. The zero-order chi connectivity index (χ0) is 19.9. The SMILES string of the molecule is CCNC(=NCc1cc(C)ccc1OC(F)F)NCCN1CCCS1(=O)=O.I. The molecule has 0 unspecified atom stereocenters. The molecule has 0 saturated carbocycles. The van der Waals surface area contributed by atoms with Gasteiger partial charge in [0.05, 0.1) is 12.3 Å². The van der Waals surface area contributed by atoms with Crippen LogP contribution in [-0.4, -0.2) is 57.2 Å². The Labute approximate surface area is 182 Å². The number of aryl methyl sites for hydroxylation is 1. The van der Waals surface area contributed by atoms with Gasteiger partial charge >= 0.3 is 6.61 Å². The van der Waals surface area contributed by atoms with Crippen molar-refractivity contribution >= 4 is 40.0 Å². The van der Waals surface area contributed by atoms with Crippen LogP contribution in [0, 0.1) is 6.92 Å². The van der Waals surface area contributed by atoms with Crippen molar-refractivity contribution in [1.29, 1.82) is 0 Å². The zero-order valence-corrected chi connectivity index (χ0v) is 19.1. The van der Waals surface area contributed by atoms with Crippen LogP contribution in [0.25, 0.3) is 0 Å². The second-order valence-corrected chi connectivity index (χ2v) is 8.27. The highest BCUT2D eigenvalue weighted by Crippen LogP contribution is 2.22. The maximum Gasteiger partial charge on any atom is 0.387 e. The fourth-order valence-corrected chi connectivity index (χ4v) is 4.32. The van der Waals surface area contributed by atoms with E-state index in [1.807, 2.05) is 13.8 Å². The van der Waals surface area contributed by atoms with Crippen molar-refractivity contribution in [1.82, 2.24) is 14.9 Å². The summed E-state index contributed by atoms with van der Waals surface area (Å²) in [4.78, 5) is 4.39. The van der Waals surface area contributed by atoms with Gasteiger partial charge in [0.25, 0.3) is 0 Å². The number of guanidine groups is 1. The normalized spacial score (nSPS) is 16.7. The lowest BCUT2D eigenvalue weighted by Crippen LogP contribution is -2.42. The smallest absolute Gasteiger partial charge is 0.387 e. The van der Waals surface area contributed by atoms with Crippen molar-refractivity contribution in [3.05, 3.63) is 29.3 Å². The molecule has 1 aromatic rings. The molecule has 0 bridgehead atoms. The summed E-state index contributed by atoms with van der Waals surface area (Å²) in [6, 6.07) is 4.96. The van der Waals surface area contributed by atoms with Crippen LogP contribution in [0.3, 0.4) is 0 Å². The van der Waals surface area contributed by atoms with Gasteiger partial charge in [-0.15, -0.1) is 24.0 Å². The number of aliphatic imine (C=N–C) groups is 1. The maximum atomic E-state index is 12.6. The van der Waals surface area contributed by atoms with E-state index in [4.69, 9.17) is 0 Å². The molecule has 0 amide bonds. The fraction of sp³-hybridized carbons (Fsp3) is 0.588. The van der Waals surface area contributed by atoms with Crippen molar-refractivity contribution in [2.45, 2.75) is 33.4 Å². The lowest BCUT2D eigenvalue weighted by Gasteiger charge is -2.17. The molecule has 2 N–H and O–H groups in total. The first-order valence-corrected chi connectivity index (χ1v) is 10.5. The maximum absolute atomic E-state index is 12.6. The van der Waals surface area contributed by atoms with Gasteiger partial charge in [-0.2, -0.15) is 8.78 Å². The Morgan fingerprint density at radius 2 is 2.11 bits per heavy atom. The van der Waals surface area contributed by atoms with E-state index in [-0.39, 0.29) is 42.0 Å². The van der Waals surface area contributed by atoms with Crippen LogP contribution in [-0.2, 0) is 16.6 Å². The van der Waals surface area contributed by atoms with Crippen LogP contribution in [0.5, 0.6) is 5.75 Å². The van der Waals surface area contributed by atoms with Crippen molar-refractivity contribution in [2.75, 3.05) is 31.9 Å². The number of nitrogens with zero attached hydrogens (tertiary/aromatic N) is 2. The van der Waals surface area contributed by atoms with Gasteiger partial charge in [0.2, 0.25) is 10.0 Å². The molecule has 0 aromatic heterocycles. The monoisotopic (exact) mass is 532 g/mol. The quantitative estimate of drug-likeness (QED) is 0.305. The molecule has 28 heavy (non-hydrogen) atoms. The predicted octanol–water partition coefficient (Wildman–Crippen LogP) is 2.31. The number of rotatable bonds is 8. The first-order chi connectivity index (χ1) is 12.8. The third-order valence-electron chi connectivity index (χ3n) is 4.04. The summed E-state index contributed by atoms with van der Waals surface area (Å²) in [5.41, 5.74) is 1.47. The Kier molecular flexibility index (Phi) is 10.4. The first-order valence-electron chi connectivity index (χ1n) is 8.86. The molecule has 0 radical (unpaired) electrons. The molecule has 0 atom stereocenters. The van der Waals surface area contributed by atoms with Gasteiger partial charge in [-0.3, -0.25) is 0 Å². The van der Waals surface area contributed by atoms with Crippen LogP contribution in [0.1, 0.15) is 24.5 Å². The number of halogens is 3. The van der Waals surface area contributed by atoms with E-state index < -0.39 is 16.6 Å². The van der Waals surface area contributed by atoms with E-state index >= 15 is 0 Å². The Morgan fingerprint density at radius 1 is 1.36 bits per heavy atom. The van der Waals surface area contributed by atoms with Crippen LogP contribution in [0.2, 0.25) is 0 Å². The molecular formula is C17H27F2IN4O3S. The van der Waals surface area contributed by atoms with Crippen molar-refractivity contribution in [3.8, 4) is 5.75 Å². The average molecular weight is 532 g/mol. The average Bonchev–Trinajstić information content (AvgIpc) is 2.93. The molecule has 160 valence electrons. The van der Waals surface area contributed by atoms with Gasteiger partial charge in [0, 0.05) is 31.7 Å². The number of benzene rings is 1. The van der Waals surface area contributed by atoms with Crippen LogP contribution < -0.4 is 15.4 Å². The number of sulfonamides is 1. The third kappa shape index (κ3) is 7.66. The minimum atomic E-state index is -3.13. The minimum absolute atomic E-state index is 0. The second kappa shape index (κ2) is 11.7. The van der Waals surface area contributed by atoms with E-state index in [0.29, 0.717) is 44.1 Å². The summed E-state index contributed by atoms with van der Waals surface area (Å²) in [5, 5.41) is 6.13. The molecule has 7 nitrogen and oxygen atoms in total. The molecule has 11 heteroatoms. The summed E-state index contributed by atoms with van der Waals surface area (Å²) in [5.74, 6) is 0.776. The lowest BCUT2D eigenvalue weighted by atomic mass is 10.1. The van der Waals surface area contributed by atoms with E-state index in [0.717, 1.165) is 5.56 Å². The molecule has 1 fully saturated rings. The third-order valence-corrected chi connectivity index (χ3v) is 6.00. The highest BCUT2D eigenvalue weighted by molar-refractivity contribution is 14.0. The number of hydrogen-bond acceptors (Lipinski definition) is 4. The summed E-state index contributed by atoms with van der Waals surface area (Å²) in [6.45, 7) is 2.93. The van der Waals surface area contributed by atoms with Gasteiger partial charge in [0.15, 0.2) is 5.96 Å². The lowest BCUT2D eigenvalue weighted by molar-refractivity contribution is -0.0504. The van der Waals surface area contributed by atoms with Crippen LogP contribution in [0.15, 0.2) is 23.2 Å². The van der Waals surface area contributed by atoms with Crippen molar-refractivity contribution < 1.29 is 21.9 Å². The molecular weight excluding hydrogens is 505 g/mol. The second-order valence-electron chi connectivity index (χ2n) is 6.18. The highest BCUT2D eigenvalue weighted by atomic mass is 127. The van der Waals surface area contributed by atoms with E-state index in [2.05, 4.69) is 20.4 Å².